The molecular formula is C25H27NO4SSe. The number of carbonyl (C=O) groups is 2. The van der Waals surface area contributed by atoms with Crippen LogP contribution >= 0.6 is 11.8 Å². The third-order valence-corrected chi connectivity index (χ3v) is 6.84. The van der Waals surface area contributed by atoms with Gasteiger partial charge in [0.05, 0.1) is 0 Å². The Hall–Kier alpha value is -2.47. The molecule has 0 spiro atoms. The van der Waals surface area contributed by atoms with Gasteiger partial charge in [0.2, 0.25) is 0 Å². The molecule has 0 N–H and O–H groups in total. The molecule has 0 saturated carbocycles. The van der Waals surface area contributed by atoms with Gasteiger partial charge in [-0.05, 0) is 0 Å². The second-order valence-electron chi connectivity index (χ2n) is 7.08. The summed E-state index contributed by atoms with van der Waals surface area (Å²) in [4.78, 5) is 29.6. The third kappa shape index (κ3) is 4.51. The molecule has 5 nitrogen and oxygen atoms in total. The van der Waals surface area contributed by atoms with E-state index in [2.05, 4.69) is 16.0 Å². The molecule has 0 amide bonds. The summed E-state index contributed by atoms with van der Waals surface area (Å²) in [5.74, 6) is -1.51. The van der Waals surface area contributed by atoms with Crippen LogP contribution in [0.5, 0.6) is 0 Å². The molecule has 1 unspecified atom stereocenters. The predicted molar refractivity (Wildman–Crippen MR) is 130 cm³/mol. The van der Waals surface area contributed by atoms with Crippen molar-refractivity contribution in [2.24, 2.45) is 0 Å². The van der Waals surface area contributed by atoms with Crippen molar-refractivity contribution in [3.63, 3.8) is 0 Å². The first-order chi connectivity index (χ1) is 15.5. The second kappa shape index (κ2) is 10.9. The number of allylic oxidation sites excluding steroid dienone is 1. The summed E-state index contributed by atoms with van der Waals surface area (Å²) >= 11 is 4.10. The van der Waals surface area contributed by atoms with E-state index in [9.17, 15) is 9.59 Å². The minimum atomic E-state index is -0.615. The normalized spacial score (nSPS) is 16.3. The Labute approximate surface area is 201 Å². The zero-order valence-corrected chi connectivity index (χ0v) is 21.3. The molecule has 2 aromatic rings. The molecule has 0 aliphatic carbocycles. The quantitative estimate of drug-likeness (QED) is 0.314. The Morgan fingerprint density at radius 1 is 1.03 bits per heavy atom. The molecule has 1 atom stereocenters. The standard InChI is InChI=1S/C25H27NO4SSe/c1-5-30-25(28)22-21(18-13-9-10-14-19(18)31-4)20(24(27)29-3)16(2)26(15-32)23(22)17-11-7-6-8-12-17/h6-14,21,32H,5,15H2,1-4H3. The van der Waals surface area contributed by atoms with Gasteiger partial charge < -0.3 is 0 Å². The van der Waals surface area contributed by atoms with Gasteiger partial charge in [0.1, 0.15) is 0 Å². The molecule has 0 saturated heterocycles. The van der Waals surface area contributed by atoms with Crippen LogP contribution in [-0.4, -0.2) is 58.3 Å². The zero-order valence-electron chi connectivity index (χ0n) is 18.6. The molecular weight excluding hydrogens is 489 g/mol. The van der Waals surface area contributed by atoms with Crippen molar-refractivity contribution in [2.75, 3.05) is 25.4 Å². The molecule has 3 rings (SSSR count). The van der Waals surface area contributed by atoms with E-state index in [4.69, 9.17) is 9.47 Å². The molecule has 1 aliphatic rings. The van der Waals surface area contributed by atoms with Gasteiger partial charge in [-0.2, -0.15) is 0 Å². The van der Waals surface area contributed by atoms with Crippen LogP contribution in [0.25, 0.3) is 5.70 Å². The zero-order chi connectivity index (χ0) is 23.3. The summed E-state index contributed by atoms with van der Waals surface area (Å²) in [6, 6.07) is 17.6. The summed E-state index contributed by atoms with van der Waals surface area (Å²) in [5.41, 5.74) is 4.67. The molecule has 2 aromatic carbocycles. The summed E-state index contributed by atoms with van der Waals surface area (Å²) in [6.07, 6.45) is 1.98. The Morgan fingerprint density at radius 3 is 2.28 bits per heavy atom. The number of methoxy groups -OCH3 is 1. The predicted octanol–water partition coefficient (Wildman–Crippen LogP) is 4.09. The maximum atomic E-state index is 13.5. The third-order valence-electron chi connectivity index (χ3n) is 5.44. The number of benzene rings is 2. The fourth-order valence-electron chi connectivity index (χ4n) is 4.05. The molecule has 0 bridgehead atoms. The number of esters is 2. The van der Waals surface area contributed by atoms with Gasteiger partial charge in [0.25, 0.3) is 0 Å². The second-order valence-corrected chi connectivity index (χ2v) is 8.53. The molecule has 7 heteroatoms. The van der Waals surface area contributed by atoms with Gasteiger partial charge in [-0.25, -0.2) is 0 Å². The fourth-order valence-corrected chi connectivity index (χ4v) is 5.43. The first kappa shape index (κ1) is 24.2. The van der Waals surface area contributed by atoms with Crippen LogP contribution in [0.2, 0.25) is 0 Å². The fraction of sp³-hybridized carbons (Fsp3) is 0.280. The van der Waals surface area contributed by atoms with Gasteiger partial charge >= 0.3 is 202 Å². The maximum absolute atomic E-state index is 13.5. The number of hydrogen-bond donors (Lipinski definition) is 0. The van der Waals surface area contributed by atoms with Crippen LogP contribution in [0.1, 0.15) is 30.9 Å². The SMILES string of the molecule is CCOC(=O)C1=C(c2ccccc2)N(C[SeH])C(C)=C(C(=O)OC)C1c1ccccc1SC. The Morgan fingerprint density at radius 2 is 1.69 bits per heavy atom. The number of ether oxygens (including phenoxy) is 2. The van der Waals surface area contributed by atoms with E-state index in [1.165, 1.54) is 7.11 Å². The van der Waals surface area contributed by atoms with Crippen molar-refractivity contribution >= 4 is 45.4 Å². The average molecular weight is 517 g/mol. The molecule has 0 fully saturated rings. The molecule has 168 valence electrons. The van der Waals surface area contributed by atoms with Crippen molar-refractivity contribution in [1.82, 2.24) is 4.90 Å². The number of hydrogen-bond acceptors (Lipinski definition) is 6. The van der Waals surface area contributed by atoms with Gasteiger partial charge in [0, 0.05) is 0 Å². The first-order valence-electron chi connectivity index (χ1n) is 10.3. The van der Waals surface area contributed by atoms with Crippen molar-refractivity contribution in [2.45, 2.75) is 24.7 Å². The molecule has 1 heterocycles. The van der Waals surface area contributed by atoms with Crippen LogP contribution in [-0.2, 0) is 19.1 Å². The van der Waals surface area contributed by atoms with E-state index in [0.717, 1.165) is 27.4 Å². The van der Waals surface area contributed by atoms with Gasteiger partial charge in [-0.15, -0.1) is 0 Å². The Kier molecular flexibility index (Phi) is 8.24. The van der Waals surface area contributed by atoms with Crippen LogP contribution in [0.4, 0.5) is 0 Å². The molecule has 0 aromatic heterocycles. The van der Waals surface area contributed by atoms with Gasteiger partial charge in [-0.1, -0.05) is 0 Å². The van der Waals surface area contributed by atoms with E-state index in [0.29, 0.717) is 16.6 Å². The van der Waals surface area contributed by atoms with E-state index >= 15 is 0 Å². The first-order valence-corrected chi connectivity index (χ1v) is 12.8. The summed E-state index contributed by atoms with van der Waals surface area (Å²) in [7, 11) is 1.37. The van der Waals surface area contributed by atoms with Crippen LogP contribution in [0.3, 0.4) is 0 Å². The Balaban J connectivity index is 2.45. The monoisotopic (exact) mass is 517 g/mol. The van der Waals surface area contributed by atoms with Gasteiger partial charge in [0.15, 0.2) is 0 Å². The molecule has 1 aliphatic heterocycles. The molecule has 32 heavy (non-hydrogen) atoms. The van der Waals surface area contributed by atoms with Crippen molar-refractivity contribution in [3.8, 4) is 0 Å². The minimum absolute atomic E-state index is 0.236. The molecule has 0 radical (unpaired) electrons. The van der Waals surface area contributed by atoms with Crippen LogP contribution in [0.15, 0.2) is 76.3 Å². The van der Waals surface area contributed by atoms with E-state index in [1.54, 1.807) is 18.7 Å². The van der Waals surface area contributed by atoms with Crippen molar-refractivity contribution in [3.05, 3.63) is 82.6 Å². The summed E-state index contributed by atoms with van der Waals surface area (Å²) in [6.45, 7) is 3.92. The van der Waals surface area contributed by atoms with Crippen LogP contribution in [0, 0.1) is 0 Å². The number of rotatable bonds is 7. The number of thioether (sulfide) groups is 1. The topological polar surface area (TPSA) is 55.8 Å². The number of nitrogens with zero attached hydrogens (tertiary/aromatic N) is 1. The van der Waals surface area contributed by atoms with Crippen molar-refractivity contribution in [1.29, 1.82) is 0 Å². The summed E-state index contributed by atoms with van der Waals surface area (Å²) < 4.78 is 10.7. The van der Waals surface area contributed by atoms with E-state index in [-0.39, 0.29) is 6.61 Å². The Bertz CT molecular complexity index is 1060. The van der Waals surface area contributed by atoms with E-state index < -0.39 is 17.9 Å². The van der Waals surface area contributed by atoms with Gasteiger partial charge in [-0.3, -0.25) is 0 Å². The summed E-state index contributed by atoms with van der Waals surface area (Å²) in [5, 5.41) is 0. The van der Waals surface area contributed by atoms with E-state index in [1.807, 2.05) is 72.7 Å². The number of carbonyl (C=O) groups excluding carboxylic acids is 2. The van der Waals surface area contributed by atoms with Crippen LogP contribution < -0.4 is 0 Å². The average Bonchev–Trinajstić information content (AvgIpc) is 2.83. The van der Waals surface area contributed by atoms with Crippen molar-refractivity contribution < 1.29 is 19.1 Å².